The van der Waals surface area contributed by atoms with Crippen LogP contribution in [0.1, 0.15) is 48.8 Å². The Kier molecular flexibility index (Phi) is 15.7. The normalized spacial score (nSPS) is 13.9. The first kappa shape index (κ1) is 38.2. The van der Waals surface area contributed by atoms with Crippen molar-refractivity contribution in [1.29, 1.82) is 10.5 Å². The molecule has 9 nitrogen and oxygen atoms in total. The van der Waals surface area contributed by atoms with Crippen LogP contribution in [-0.4, -0.2) is 50.7 Å². The van der Waals surface area contributed by atoms with Crippen molar-refractivity contribution in [3.8, 4) is 12.1 Å². The van der Waals surface area contributed by atoms with E-state index in [9.17, 15) is 10.5 Å². The molecule has 0 bridgehead atoms. The Balaban J connectivity index is 0.00000121. The van der Waals surface area contributed by atoms with Crippen LogP contribution in [0.5, 0.6) is 0 Å². The highest BCUT2D eigenvalue weighted by Gasteiger charge is 2.23. The lowest BCUT2D eigenvalue weighted by atomic mass is 9.91. The number of hydrogen-bond donors (Lipinski definition) is 1. The molecule has 1 aliphatic heterocycles. The topological polar surface area (TPSA) is 142 Å². The van der Waals surface area contributed by atoms with Crippen molar-refractivity contribution >= 4 is 27.0 Å². The van der Waals surface area contributed by atoms with Crippen molar-refractivity contribution in [3.05, 3.63) is 148 Å². The van der Waals surface area contributed by atoms with Crippen LogP contribution in [0, 0.1) is 29.2 Å². The summed E-state index contributed by atoms with van der Waals surface area (Å²) in [5.74, 6) is 0. The molecule has 0 amide bonds. The summed E-state index contributed by atoms with van der Waals surface area (Å²) in [6.07, 6.45) is 11.6. The molecule has 0 saturated heterocycles. The summed E-state index contributed by atoms with van der Waals surface area (Å²) in [6, 6.07) is 32.0. The molecule has 49 heavy (non-hydrogen) atoms. The van der Waals surface area contributed by atoms with Gasteiger partial charge in [-0.25, -0.2) is 18.5 Å². The lowest BCUT2D eigenvalue weighted by Gasteiger charge is -2.33. The number of rotatable bonds is 14. The lowest BCUT2D eigenvalue weighted by molar-refractivity contribution is 0.0895. The summed E-state index contributed by atoms with van der Waals surface area (Å²) in [5.41, 5.74) is 6.50. The van der Waals surface area contributed by atoms with Gasteiger partial charge in [0.05, 0.1) is 47.6 Å². The maximum Gasteiger partial charge on any atom is 0.270 e. The second kappa shape index (κ2) is 20.2. The van der Waals surface area contributed by atoms with E-state index in [0.717, 1.165) is 66.7 Å². The first-order valence-electron chi connectivity index (χ1n) is 15.8. The molecule has 0 unspecified atom stereocenters. The van der Waals surface area contributed by atoms with Gasteiger partial charge in [0.15, 0.2) is 0 Å². The number of benzene rings is 3. The van der Waals surface area contributed by atoms with E-state index in [1.807, 2.05) is 66.7 Å². The van der Waals surface area contributed by atoms with Gasteiger partial charge in [0, 0.05) is 41.9 Å². The van der Waals surface area contributed by atoms with Gasteiger partial charge in [-0.15, -0.1) is 0 Å². The van der Waals surface area contributed by atoms with Crippen molar-refractivity contribution in [2.45, 2.75) is 32.1 Å². The van der Waals surface area contributed by atoms with Crippen molar-refractivity contribution in [1.82, 2.24) is 0 Å². The molecule has 4 rings (SSSR count). The molecule has 1 aliphatic rings. The summed E-state index contributed by atoms with van der Waals surface area (Å²) in [7, 11) is -3.92. The smallest absolute Gasteiger partial charge is 0.270 e. The fourth-order valence-corrected chi connectivity index (χ4v) is 5.30. The highest BCUT2D eigenvalue weighted by atomic mass is 32.2. The van der Waals surface area contributed by atoms with Gasteiger partial charge in [-0.2, -0.15) is 5.26 Å². The number of hydrogen-bond acceptors (Lipinski definition) is 8. The number of para-hydroxylation sites is 1. The van der Waals surface area contributed by atoms with Gasteiger partial charge >= 0.3 is 0 Å². The number of ether oxygens (including phenoxy) is 1. The Bertz CT molecular complexity index is 1870. The molecule has 0 atom stereocenters. The van der Waals surface area contributed by atoms with Crippen LogP contribution < -0.4 is 4.90 Å². The van der Waals surface area contributed by atoms with Crippen LogP contribution in [-0.2, 0) is 14.9 Å². The molecule has 0 spiro atoms. The van der Waals surface area contributed by atoms with E-state index < -0.39 is 10.1 Å². The second-order valence-electron chi connectivity index (χ2n) is 11.0. The van der Waals surface area contributed by atoms with Gasteiger partial charge in [0.2, 0.25) is 0 Å². The molecule has 0 saturated carbocycles. The Labute approximate surface area is 289 Å². The van der Waals surface area contributed by atoms with Crippen molar-refractivity contribution < 1.29 is 22.8 Å². The molecule has 0 aromatic heterocycles. The van der Waals surface area contributed by atoms with Crippen LogP contribution in [0.4, 0.5) is 5.69 Å². The Morgan fingerprint density at radius 3 is 2.16 bits per heavy atom. The van der Waals surface area contributed by atoms with Crippen LogP contribution in [0.3, 0.4) is 0 Å². The summed E-state index contributed by atoms with van der Waals surface area (Å²) < 4.78 is 32.6. The average molecular weight is 676 g/mol. The third-order valence-corrected chi connectivity index (χ3v) is 7.41. The number of anilines is 1. The fraction of sp³-hybridized carbons (Fsp3) is 0.256. The van der Waals surface area contributed by atoms with E-state index in [4.69, 9.17) is 29.4 Å². The molecule has 1 heterocycles. The van der Waals surface area contributed by atoms with Gasteiger partial charge in [-0.05, 0) is 53.8 Å². The highest BCUT2D eigenvalue weighted by molar-refractivity contribution is 7.84. The standard InChI is InChI=1S/C38H36N4O2.CH4O3S/c1-41-36(29-40)38(31-17-9-6-10-18-31)32(28-39)21-22-33-27-35(30-15-7-5-8-16-30)34-19-11-12-20-37(34)42(33)23-13-3-2-4-14-25-44-26-24-43;1-5(2,3)4/h5-12,15-22,27,43H,2-4,13-14,23-26H2;1H3,(H,2,3,4)/p-1/b32-21?,33-22?,38-36-;. The van der Waals surface area contributed by atoms with E-state index >= 15 is 0 Å². The predicted octanol–water partition coefficient (Wildman–Crippen LogP) is 7.25. The minimum absolute atomic E-state index is 0.0571. The first-order valence-corrected chi connectivity index (χ1v) is 17.7. The van der Waals surface area contributed by atoms with Gasteiger partial charge in [-0.1, -0.05) is 98.1 Å². The maximum absolute atomic E-state index is 10.2. The number of nitriles is 2. The maximum atomic E-state index is 10.2. The zero-order chi connectivity index (χ0) is 35.5. The zero-order valence-electron chi connectivity index (χ0n) is 27.5. The van der Waals surface area contributed by atoms with Crippen molar-refractivity contribution in [2.24, 2.45) is 0 Å². The Hall–Kier alpha value is -5.28. The number of nitrogens with zero attached hydrogens (tertiary/aromatic N) is 4. The van der Waals surface area contributed by atoms with E-state index in [1.54, 1.807) is 6.08 Å². The second-order valence-corrected chi connectivity index (χ2v) is 12.4. The number of allylic oxidation sites excluding steroid dienone is 6. The van der Waals surface area contributed by atoms with Gasteiger partial charge in [-0.3, -0.25) is 0 Å². The molecule has 10 heteroatoms. The molecule has 1 N–H and O–H groups in total. The number of fused-ring (bicyclic) bond motifs is 1. The molecule has 0 fully saturated rings. The Morgan fingerprint density at radius 1 is 0.918 bits per heavy atom. The summed E-state index contributed by atoms with van der Waals surface area (Å²) in [4.78, 5) is 5.74. The summed E-state index contributed by atoms with van der Waals surface area (Å²) in [6.45, 7) is 9.51. The quantitative estimate of drug-likeness (QED) is 0.0619. The molecule has 0 radical (unpaired) electrons. The van der Waals surface area contributed by atoms with Gasteiger partial charge in [0.25, 0.3) is 5.70 Å². The molecule has 3 aromatic rings. The molecule has 252 valence electrons. The zero-order valence-corrected chi connectivity index (χ0v) is 28.3. The van der Waals surface area contributed by atoms with Crippen LogP contribution >= 0.6 is 0 Å². The molecular formula is C39H39N4O5S-. The number of aliphatic hydroxyl groups excluding tert-OH is 1. The first-order chi connectivity index (χ1) is 23.7. The lowest BCUT2D eigenvalue weighted by Crippen LogP contribution is -2.26. The van der Waals surface area contributed by atoms with E-state index in [-0.39, 0.29) is 17.9 Å². The predicted molar refractivity (Wildman–Crippen MR) is 191 cm³/mol. The SMILES string of the molecule is CS(=O)(=O)[O-].[C-]#[N+]/C(C#N)=C(\C(C#N)=CC=C1C=C(c2ccccc2)c2ccccc2N1CCCCCCCOCCO)c1ccccc1. The minimum Gasteiger partial charge on any atom is -0.748 e. The average Bonchev–Trinajstić information content (AvgIpc) is 3.11. The van der Waals surface area contributed by atoms with E-state index in [0.29, 0.717) is 30.6 Å². The number of unbranched alkanes of at least 4 members (excludes halogenated alkanes) is 4. The van der Waals surface area contributed by atoms with Crippen LogP contribution in [0.15, 0.2) is 120 Å². The largest absolute Gasteiger partial charge is 0.748 e. The molecule has 3 aromatic carbocycles. The fourth-order valence-electron chi connectivity index (χ4n) is 5.30. The van der Waals surface area contributed by atoms with Crippen molar-refractivity contribution in [2.75, 3.05) is 37.5 Å². The number of aliphatic hydroxyl groups is 1. The van der Waals surface area contributed by atoms with Crippen LogP contribution in [0.25, 0.3) is 16.0 Å². The van der Waals surface area contributed by atoms with E-state index in [2.05, 4.69) is 52.2 Å². The van der Waals surface area contributed by atoms with Gasteiger partial charge < -0.3 is 19.3 Å². The minimum atomic E-state index is -3.92. The molecular weight excluding hydrogens is 637 g/mol. The Morgan fingerprint density at radius 2 is 1.53 bits per heavy atom. The van der Waals surface area contributed by atoms with Gasteiger partial charge in [0.1, 0.15) is 0 Å². The van der Waals surface area contributed by atoms with E-state index in [1.165, 1.54) is 0 Å². The highest BCUT2D eigenvalue weighted by Crippen LogP contribution is 2.39. The third kappa shape index (κ3) is 12.4. The molecule has 0 aliphatic carbocycles. The van der Waals surface area contributed by atoms with Crippen molar-refractivity contribution in [3.63, 3.8) is 0 Å². The third-order valence-electron chi connectivity index (χ3n) is 7.41. The monoisotopic (exact) mass is 675 g/mol. The summed E-state index contributed by atoms with van der Waals surface area (Å²) >= 11 is 0. The summed E-state index contributed by atoms with van der Waals surface area (Å²) in [5, 5.41) is 28.8. The van der Waals surface area contributed by atoms with Crippen LogP contribution in [0.2, 0.25) is 0 Å².